The number of nitrogens with zero attached hydrogens (tertiary/aromatic N) is 3. The summed E-state index contributed by atoms with van der Waals surface area (Å²) in [7, 11) is 0. The van der Waals surface area contributed by atoms with Crippen LogP contribution in [0, 0.1) is 11.6 Å². The molecule has 1 aliphatic rings. The van der Waals surface area contributed by atoms with Gasteiger partial charge in [0.1, 0.15) is 17.2 Å². The molecule has 0 radical (unpaired) electrons. The van der Waals surface area contributed by atoms with Gasteiger partial charge < -0.3 is 25.3 Å². The average molecular weight is 579 g/mol. The van der Waals surface area contributed by atoms with E-state index >= 15 is 0 Å². The summed E-state index contributed by atoms with van der Waals surface area (Å²) >= 11 is 0. The number of aromatic nitrogens is 1. The van der Waals surface area contributed by atoms with Gasteiger partial charge in [-0.05, 0) is 55.0 Å². The Labute approximate surface area is 243 Å². The Hall–Kier alpha value is -4.57. The number of piperazine rings is 1. The average Bonchev–Trinajstić information content (AvgIpc) is 3.00. The van der Waals surface area contributed by atoms with Crippen molar-refractivity contribution in [1.82, 2.24) is 15.6 Å². The molecular formula is C32H36F2N4O4. The molecule has 1 saturated heterocycles. The number of benzene rings is 3. The van der Waals surface area contributed by atoms with Crippen molar-refractivity contribution >= 4 is 28.5 Å². The lowest BCUT2D eigenvalue weighted by molar-refractivity contribution is 0.0523. The summed E-state index contributed by atoms with van der Waals surface area (Å²) in [6, 6.07) is 18.6. The van der Waals surface area contributed by atoms with Crippen LogP contribution in [0.15, 0.2) is 77.6 Å². The molecule has 0 bridgehead atoms. The van der Waals surface area contributed by atoms with Crippen LogP contribution in [0.25, 0.3) is 10.9 Å². The first kappa shape index (κ1) is 32.0. The van der Waals surface area contributed by atoms with Crippen LogP contribution < -0.4 is 16.6 Å². The minimum atomic E-state index is -0.721. The van der Waals surface area contributed by atoms with E-state index in [4.69, 9.17) is 4.74 Å². The van der Waals surface area contributed by atoms with Gasteiger partial charge in [0.05, 0.1) is 24.4 Å². The van der Waals surface area contributed by atoms with Crippen molar-refractivity contribution in [2.45, 2.75) is 27.3 Å². The maximum absolute atomic E-state index is 13.9. The molecule has 2 heterocycles. The van der Waals surface area contributed by atoms with E-state index in [1.807, 2.05) is 43.0 Å². The summed E-state index contributed by atoms with van der Waals surface area (Å²) in [4.78, 5) is 43.6. The second kappa shape index (κ2) is 14.4. The van der Waals surface area contributed by atoms with Crippen molar-refractivity contribution in [2.75, 3.05) is 37.7 Å². The van der Waals surface area contributed by atoms with Crippen molar-refractivity contribution in [2.24, 2.45) is 0 Å². The summed E-state index contributed by atoms with van der Waals surface area (Å²) < 4.78 is 33.6. The van der Waals surface area contributed by atoms with E-state index in [9.17, 15) is 23.2 Å². The lowest BCUT2D eigenvalue weighted by atomic mass is 10.0. The molecule has 0 aliphatic carbocycles. The highest BCUT2D eigenvalue weighted by Gasteiger charge is 2.30. The van der Waals surface area contributed by atoms with Gasteiger partial charge in [0, 0.05) is 37.1 Å². The molecule has 0 saturated carbocycles. The molecule has 1 aromatic heterocycles. The normalized spacial score (nSPS) is 12.7. The second-order valence-corrected chi connectivity index (χ2v) is 9.27. The van der Waals surface area contributed by atoms with Crippen LogP contribution in [0.2, 0.25) is 0 Å². The second-order valence-electron chi connectivity index (χ2n) is 9.27. The Morgan fingerprint density at radius 1 is 0.833 bits per heavy atom. The molecule has 3 aromatic carbocycles. The summed E-state index contributed by atoms with van der Waals surface area (Å²) in [6.45, 7) is 7.39. The first-order valence-electron chi connectivity index (χ1n) is 13.7. The number of halogens is 2. The highest BCUT2D eigenvalue weighted by molar-refractivity contribution is 6.05. The molecular weight excluding hydrogens is 542 g/mol. The number of anilines is 1. The zero-order chi connectivity index (χ0) is 29.5. The summed E-state index contributed by atoms with van der Waals surface area (Å²) in [6.07, 6.45) is 0. The minimum absolute atomic E-state index is 0. The molecule has 0 unspecified atom stereocenters. The van der Waals surface area contributed by atoms with E-state index in [1.165, 1.54) is 41.0 Å². The fourth-order valence-corrected chi connectivity index (χ4v) is 4.94. The van der Waals surface area contributed by atoms with Gasteiger partial charge >= 0.3 is 5.97 Å². The molecule has 8 nitrogen and oxygen atoms in total. The Balaban J connectivity index is 0.00000158. The SMILES string of the molecule is CC.CCOC(=O)c1c(N2CCN(C(=O)c3ccc(F)cc3)CC2)c2ccccc2n(Cc2ccc(F)cc2)c1=O.N. The third-order valence-electron chi connectivity index (χ3n) is 6.85. The molecule has 0 atom stereocenters. The fraction of sp³-hybridized carbons (Fsp3) is 0.281. The number of hydrogen-bond acceptors (Lipinski definition) is 6. The lowest BCUT2D eigenvalue weighted by Crippen LogP contribution is -2.49. The zero-order valence-corrected chi connectivity index (χ0v) is 24.1. The van der Waals surface area contributed by atoms with Crippen LogP contribution in [-0.4, -0.2) is 54.1 Å². The molecule has 1 fully saturated rings. The Morgan fingerprint density at radius 3 is 2.00 bits per heavy atom. The Bertz CT molecular complexity index is 1580. The molecule has 5 rings (SSSR count). The van der Waals surface area contributed by atoms with Gasteiger partial charge in [-0.3, -0.25) is 9.59 Å². The zero-order valence-electron chi connectivity index (χ0n) is 24.1. The highest BCUT2D eigenvalue weighted by Crippen LogP contribution is 2.31. The van der Waals surface area contributed by atoms with Crippen LogP contribution >= 0.6 is 0 Å². The van der Waals surface area contributed by atoms with Gasteiger partial charge in [-0.25, -0.2) is 13.6 Å². The number of carbonyl (C=O) groups is 2. The molecule has 0 spiro atoms. The van der Waals surface area contributed by atoms with Crippen molar-refractivity contribution in [3.8, 4) is 0 Å². The Morgan fingerprint density at radius 2 is 1.40 bits per heavy atom. The molecule has 1 aliphatic heterocycles. The standard InChI is InChI=1S/C30H27F2N3O4.C2H6.H3N/c1-2-39-30(38)26-27(33-15-17-34(18-16-33)28(36)21-9-13-23(32)14-10-21)24-5-3-4-6-25(24)35(29(26)37)19-20-7-11-22(31)12-8-20;1-2;/h3-14H,2,15-19H2,1H3;1-2H3;1H3. The van der Waals surface area contributed by atoms with E-state index in [-0.39, 0.29) is 36.6 Å². The number of ether oxygens (including phenoxy) is 1. The predicted molar refractivity (Wildman–Crippen MR) is 161 cm³/mol. The maximum Gasteiger partial charge on any atom is 0.345 e. The van der Waals surface area contributed by atoms with E-state index in [0.717, 1.165) is 0 Å². The van der Waals surface area contributed by atoms with Crippen molar-refractivity contribution < 1.29 is 23.1 Å². The predicted octanol–water partition coefficient (Wildman–Crippen LogP) is 5.66. The van der Waals surface area contributed by atoms with Gasteiger partial charge in [-0.2, -0.15) is 0 Å². The van der Waals surface area contributed by atoms with Crippen LogP contribution in [0.1, 0.15) is 47.1 Å². The largest absolute Gasteiger partial charge is 0.462 e. The smallest absolute Gasteiger partial charge is 0.345 e. The van der Waals surface area contributed by atoms with Gasteiger partial charge in [0.15, 0.2) is 0 Å². The van der Waals surface area contributed by atoms with E-state index < -0.39 is 17.3 Å². The molecule has 42 heavy (non-hydrogen) atoms. The van der Waals surface area contributed by atoms with Gasteiger partial charge in [-0.15, -0.1) is 0 Å². The van der Waals surface area contributed by atoms with Crippen molar-refractivity contribution in [3.63, 3.8) is 0 Å². The van der Waals surface area contributed by atoms with Gasteiger partial charge in [0.2, 0.25) is 0 Å². The van der Waals surface area contributed by atoms with Crippen LogP contribution in [-0.2, 0) is 11.3 Å². The first-order chi connectivity index (χ1) is 19.9. The van der Waals surface area contributed by atoms with Crippen molar-refractivity contribution in [3.05, 3.63) is 111 Å². The van der Waals surface area contributed by atoms with Crippen molar-refractivity contribution in [1.29, 1.82) is 0 Å². The number of pyridine rings is 1. The lowest BCUT2D eigenvalue weighted by Gasteiger charge is -2.37. The van der Waals surface area contributed by atoms with Crippen LogP contribution in [0.3, 0.4) is 0 Å². The maximum atomic E-state index is 13.9. The van der Waals surface area contributed by atoms with Gasteiger partial charge in [-0.1, -0.05) is 44.2 Å². The van der Waals surface area contributed by atoms with E-state index in [0.29, 0.717) is 53.9 Å². The van der Waals surface area contributed by atoms with Crippen LogP contribution in [0.5, 0.6) is 0 Å². The minimum Gasteiger partial charge on any atom is -0.462 e. The molecule has 1 amide bonds. The third kappa shape index (κ3) is 6.66. The Kier molecular flexibility index (Phi) is 10.9. The number of para-hydroxylation sites is 1. The number of esters is 1. The summed E-state index contributed by atoms with van der Waals surface area (Å²) in [5, 5.41) is 0.695. The number of carbonyl (C=O) groups excluding carboxylic acids is 2. The van der Waals surface area contributed by atoms with Gasteiger partial charge in [0.25, 0.3) is 11.5 Å². The number of fused-ring (bicyclic) bond motifs is 1. The number of amides is 1. The first-order valence-corrected chi connectivity index (χ1v) is 13.7. The molecule has 4 aromatic rings. The molecule has 10 heteroatoms. The third-order valence-corrected chi connectivity index (χ3v) is 6.85. The van der Waals surface area contributed by atoms with E-state index in [2.05, 4.69) is 0 Å². The summed E-state index contributed by atoms with van der Waals surface area (Å²) in [5.74, 6) is -1.72. The quantitative estimate of drug-likeness (QED) is 0.296. The molecule has 3 N–H and O–H groups in total. The highest BCUT2D eigenvalue weighted by atomic mass is 19.1. The monoisotopic (exact) mass is 578 g/mol. The number of rotatable bonds is 6. The number of hydrogen-bond donors (Lipinski definition) is 1. The molecule has 222 valence electrons. The fourth-order valence-electron chi connectivity index (χ4n) is 4.94. The van der Waals surface area contributed by atoms with Crippen LogP contribution in [0.4, 0.5) is 14.5 Å². The summed E-state index contributed by atoms with van der Waals surface area (Å²) in [5.41, 5.74) is 1.62. The van der Waals surface area contributed by atoms with E-state index in [1.54, 1.807) is 24.0 Å². The topological polar surface area (TPSA) is 107 Å².